The highest BCUT2D eigenvalue weighted by Crippen LogP contribution is 2.07. The number of hydrogen-bond acceptors (Lipinski definition) is 2. The number of carbonyl (C=O) groups excluding carboxylic acids is 1. The number of carboxylic acid groups (broad SMARTS) is 1. The summed E-state index contributed by atoms with van der Waals surface area (Å²) < 4.78 is 0. The van der Waals surface area contributed by atoms with Crippen LogP contribution in [0.4, 0.5) is 0 Å². The molecule has 0 aliphatic carbocycles. The van der Waals surface area contributed by atoms with Crippen LogP contribution in [-0.4, -0.2) is 23.0 Å². The molecule has 0 saturated heterocycles. The fourth-order valence-electron chi connectivity index (χ4n) is 1.93. The summed E-state index contributed by atoms with van der Waals surface area (Å²) in [5.74, 6) is -1.04. The standard InChI is InChI=1S/C17H23NO3/c1-12(2)11-15(17(20)21)18-16(19)6-4-5-14-9-7-13(3)8-10-14/h4-5,7-10,12,15H,6,11H2,1-3H3,(H,18,19)(H,20,21)/b5-4+/t15-/m1/s1. The van der Waals surface area contributed by atoms with Gasteiger partial charge in [0.15, 0.2) is 0 Å². The maximum atomic E-state index is 11.8. The van der Waals surface area contributed by atoms with Gasteiger partial charge < -0.3 is 10.4 Å². The van der Waals surface area contributed by atoms with Crippen LogP contribution in [0.25, 0.3) is 6.08 Å². The molecular formula is C17H23NO3. The van der Waals surface area contributed by atoms with E-state index in [1.807, 2.05) is 51.1 Å². The van der Waals surface area contributed by atoms with E-state index < -0.39 is 12.0 Å². The third kappa shape index (κ3) is 6.75. The van der Waals surface area contributed by atoms with Crippen molar-refractivity contribution in [1.29, 1.82) is 0 Å². The molecule has 114 valence electrons. The van der Waals surface area contributed by atoms with E-state index in [1.165, 1.54) is 5.56 Å². The Morgan fingerprint density at radius 2 is 1.86 bits per heavy atom. The second-order valence-electron chi connectivity index (χ2n) is 5.61. The molecule has 0 spiro atoms. The van der Waals surface area contributed by atoms with Crippen LogP contribution in [0.5, 0.6) is 0 Å². The molecule has 0 aliphatic rings. The molecule has 0 bridgehead atoms. The van der Waals surface area contributed by atoms with Crippen LogP contribution in [0.1, 0.15) is 37.8 Å². The summed E-state index contributed by atoms with van der Waals surface area (Å²) in [6.45, 7) is 5.88. The summed E-state index contributed by atoms with van der Waals surface area (Å²) in [6.07, 6.45) is 4.21. The van der Waals surface area contributed by atoms with Crippen LogP contribution in [0, 0.1) is 12.8 Å². The molecule has 1 amide bonds. The van der Waals surface area contributed by atoms with Crippen molar-refractivity contribution in [2.45, 2.75) is 39.7 Å². The summed E-state index contributed by atoms with van der Waals surface area (Å²) >= 11 is 0. The second kappa shape index (κ2) is 8.25. The van der Waals surface area contributed by atoms with Crippen molar-refractivity contribution in [1.82, 2.24) is 5.32 Å². The van der Waals surface area contributed by atoms with Crippen LogP contribution in [-0.2, 0) is 9.59 Å². The molecule has 2 N–H and O–H groups in total. The van der Waals surface area contributed by atoms with Crippen LogP contribution >= 0.6 is 0 Å². The van der Waals surface area contributed by atoms with Crippen molar-refractivity contribution in [2.75, 3.05) is 0 Å². The van der Waals surface area contributed by atoms with E-state index >= 15 is 0 Å². The molecule has 0 fully saturated rings. The van der Waals surface area contributed by atoms with Gasteiger partial charge in [0.2, 0.25) is 5.91 Å². The van der Waals surface area contributed by atoms with Gasteiger partial charge in [0.1, 0.15) is 6.04 Å². The Hall–Kier alpha value is -2.10. The van der Waals surface area contributed by atoms with Gasteiger partial charge in [0, 0.05) is 6.42 Å². The number of amides is 1. The van der Waals surface area contributed by atoms with E-state index in [0.717, 1.165) is 5.56 Å². The Kier molecular flexibility index (Phi) is 6.66. The van der Waals surface area contributed by atoms with Gasteiger partial charge in [-0.2, -0.15) is 0 Å². The number of carboxylic acids is 1. The van der Waals surface area contributed by atoms with Crippen LogP contribution in [0.2, 0.25) is 0 Å². The van der Waals surface area contributed by atoms with Crippen LogP contribution in [0.3, 0.4) is 0 Å². The predicted octanol–water partition coefficient (Wildman–Crippen LogP) is 3.01. The molecule has 1 atom stereocenters. The lowest BCUT2D eigenvalue weighted by Crippen LogP contribution is -2.41. The number of aliphatic carboxylic acids is 1. The van der Waals surface area contributed by atoms with Crippen molar-refractivity contribution in [3.63, 3.8) is 0 Å². The van der Waals surface area contributed by atoms with Gasteiger partial charge in [-0.15, -0.1) is 0 Å². The molecule has 4 nitrogen and oxygen atoms in total. The molecule has 0 aliphatic heterocycles. The molecule has 0 aromatic heterocycles. The van der Waals surface area contributed by atoms with Gasteiger partial charge >= 0.3 is 5.97 Å². The van der Waals surface area contributed by atoms with E-state index in [-0.39, 0.29) is 18.2 Å². The Bertz CT molecular complexity index is 503. The third-order valence-electron chi connectivity index (χ3n) is 3.03. The first-order valence-corrected chi connectivity index (χ1v) is 7.14. The maximum Gasteiger partial charge on any atom is 0.326 e. The Balaban J connectivity index is 2.48. The van der Waals surface area contributed by atoms with Gasteiger partial charge in [0.25, 0.3) is 0 Å². The molecule has 4 heteroatoms. The van der Waals surface area contributed by atoms with E-state index in [2.05, 4.69) is 5.32 Å². The second-order valence-corrected chi connectivity index (χ2v) is 5.61. The minimum atomic E-state index is -0.987. The molecule has 0 unspecified atom stereocenters. The molecule has 21 heavy (non-hydrogen) atoms. The minimum Gasteiger partial charge on any atom is -0.480 e. The average Bonchev–Trinajstić information content (AvgIpc) is 2.39. The molecule has 0 heterocycles. The molecule has 1 aromatic carbocycles. The molecule has 0 radical (unpaired) electrons. The maximum absolute atomic E-state index is 11.8. The molecular weight excluding hydrogens is 266 g/mol. The molecule has 0 saturated carbocycles. The monoisotopic (exact) mass is 289 g/mol. The summed E-state index contributed by atoms with van der Waals surface area (Å²) in [5.41, 5.74) is 2.20. The SMILES string of the molecule is Cc1ccc(/C=C/CC(=O)N[C@H](CC(C)C)C(=O)O)cc1. The van der Waals surface area contributed by atoms with Crippen LogP contribution in [0.15, 0.2) is 30.3 Å². The van der Waals surface area contributed by atoms with Gasteiger partial charge in [-0.1, -0.05) is 55.8 Å². The molecule has 1 rings (SSSR count). The average molecular weight is 289 g/mol. The fraction of sp³-hybridized carbons (Fsp3) is 0.412. The Labute approximate surface area is 125 Å². The zero-order valence-electron chi connectivity index (χ0n) is 12.8. The Morgan fingerprint density at radius 3 is 2.38 bits per heavy atom. The van der Waals surface area contributed by atoms with Crippen molar-refractivity contribution < 1.29 is 14.7 Å². The lowest BCUT2D eigenvalue weighted by Gasteiger charge is -2.15. The largest absolute Gasteiger partial charge is 0.480 e. The van der Waals surface area contributed by atoms with Crippen molar-refractivity contribution in [2.24, 2.45) is 5.92 Å². The van der Waals surface area contributed by atoms with E-state index in [9.17, 15) is 9.59 Å². The highest BCUT2D eigenvalue weighted by Gasteiger charge is 2.20. The minimum absolute atomic E-state index is 0.176. The zero-order valence-corrected chi connectivity index (χ0v) is 12.8. The number of aryl methyl sites for hydroxylation is 1. The summed E-state index contributed by atoms with van der Waals surface area (Å²) in [6, 6.07) is 7.14. The fourth-order valence-corrected chi connectivity index (χ4v) is 1.93. The summed E-state index contributed by atoms with van der Waals surface area (Å²) in [4.78, 5) is 22.8. The number of nitrogens with one attached hydrogen (secondary N) is 1. The van der Waals surface area contributed by atoms with Gasteiger partial charge in [-0.3, -0.25) is 4.79 Å². The first kappa shape index (κ1) is 17.0. The summed E-state index contributed by atoms with van der Waals surface area (Å²) in [7, 11) is 0. The normalized spacial score (nSPS) is 12.6. The number of hydrogen-bond donors (Lipinski definition) is 2. The van der Waals surface area contributed by atoms with Crippen molar-refractivity contribution in [3.05, 3.63) is 41.5 Å². The van der Waals surface area contributed by atoms with Gasteiger partial charge in [0.05, 0.1) is 0 Å². The van der Waals surface area contributed by atoms with Gasteiger partial charge in [-0.25, -0.2) is 4.79 Å². The summed E-state index contributed by atoms with van der Waals surface area (Å²) in [5, 5.41) is 11.6. The topological polar surface area (TPSA) is 66.4 Å². The van der Waals surface area contributed by atoms with Crippen LogP contribution < -0.4 is 5.32 Å². The number of carbonyl (C=O) groups is 2. The van der Waals surface area contributed by atoms with Crippen molar-refractivity contribution >= 4 is 18.0 Å². The highest BCUT2D eigenvalue weighted by molar-refractivity contribution is 5.84. The zero-order chi connectivity index (χ0) is 15.8. The highest BCUT2D eigenvalue weighted by atomic mass is 16.4. The number of benzene rings is 1. The lowest BCUT2D eigenvalue weighted by molar-refractivity contribution is -0.142. The van der Waals surface area contributed by atoms with Gasteiger partial charge in [-0.05, 0) is 24.8 Å². The first-order valence-electron chi connectivity index (χ1n) is 7.14. The van der Waals surface area contributed by atoms with Crippen molar-refractivity contribution in [3.8, 4) is 0 Å². The quantitative estimate of drug-likeness (QED) is 0.811. The van der Waals surface area contributed by atoms with E-state index in [0.29, 0.717) is 6.42 Å². The van der Waals surface area contributed by atoms with E-state index in [1.54, 1.807) is 6.08 Å². The molecule has 1 aromatic rings. The smallest absolute Gasteiger partial charge is 0.326 e. The predicted molar refractivity (Wildman–Crippen MR) is 83.9 cm³/mol. The van der Waals surface area contributed by atoms with E-state index in [4.69, 9.17) is 5.11 Å². The third-order valence-corrected chi connectivity index (χ3v) is 3.03. The first-order chi connectivity index (χ1) is 9.88. The Morgan fingerprint density at radius 1 is 1.24 bits per heavy atom. The lowest BCUT2D eigenvalue weighted by atomic mass is 10.0. The number of rotatable bonds is 7.